The molecular formula is C3H9O3P. The van der Waals surface area contributed by atoms with Crippen molar-refractivity contribution in [1.82, 2.24) is 0 Å². The van der Waals surface area contributed by atoms with Crippen LogP contribution in [0.25, 0.3) is 0 Å². The summed E-state index contributed by atoms with van der Waals surface area (Å²) in [5, 5.41) is 8.08. The van der Waals surface area contributed by atoms with Gasteiger partial charge in [-0.2, -0.15) is 0 Å². The van der Waals surface area contributed by atoms with Crippen LogP contribution in [-0.4, -0.2) is 22.5 Å². The third-order valence-corrected chi connectivity index (χ3v) is 2.15. The van der Waals surface area contributed by atoms with E-state index in [1.165, 1.54) is 0 Å². The van der Waals surface area contributed by atoms with Crippen LogP contribution in [0.15, 0.2) is 0 Å². The molecule has 0 rings (SSSR count). The predicted molar refractivity (Wildman–Crippen MR) is 27.5 cm³/mol. The molecule has 0 saturated heterocycles. The van der Waals surface area contributed by atoms with Crippen LogP contribution < -0.4 is 0 Å². The van der Waals surface area contributed by atoms with E-state index in [2.05, 4.69) is 0 Å². The van der Waals surface area contributed by atoms with Gasteiger partial charge < -0.3 is 10.00 Å². The lowest BCUT2D eigenvalue weighted by molar-refractivity contribution is 0.333. The largest absolute Gasteiger partial charge is 0.386 e. The molecule has 0 aliphatic rings. The highest BCUT2D eigenvalue weighted by molar-refractivity contribution is 7.57. The highest BCUT2D eigenvalue weighted by atomic mass is 31.2. The summed E-state index contributed by atoms with van der Waals surface area (Å²) in [6.07, 6.45) is -0.438. The third-order valence-electron chi connectivity index (χ3n) is 0.715. The molecule has 0 amide bonds. The van der Waals surface area contributed by atoms with Crippen molar-refractivity contribution in [2.75, 3.05) is 12.5 Å². The molecular weight excluding hydrogens is 115 g/mol. The first-order valence-electron chi connectivity index (χ1n) is 2.04. The Labute approximate surface area is 42.4 Å². The molecule has 44 valence electrons. The fraction of sp³-hybridized carbons (Fsp3) is 1.00. The Balaban J connectivity index is 3.61. The van der Waals surface area contributed by atoms with Crippen molar-refractivity contribution in [3.05, 3.63) is 0 Å². The van der Waals surface area contributed by atoms with Crippen LogP contribution >= 0.6 is 7.37 Å². The van der Waals surface area contributed by atoms with E-state index in [1.54, 1.807) is 6.92 Å². The summed E-state index contributed by atoms with van der Waals surface area (Å²) in [4.78, 5) is 8.44. The molecule has 2 N–H and O–H groups in total. The Morgan fingerprint density at radius 1 is 1.71 bits per heavy atom. The van der Waals surface area contributed by atoms with Gasteiger partial charge in [-0.3, -0.25) is 4.57 Å². The number of aliphatic hydroxyl groups is 1. The van der Waals surface area contributed by atoms with Crippen LogP contribution in [0.3, 0.4) is 0 Å². The van der Waals surface area contributed by atoms with Crippen LogP contribution in [0.5, 0.6) is 0 Å². The van der Waals surface area contributed by atoms with Gasteiger partial charge in [0.2, 0.25) is 7.37 Å². The van der Waals surface area contributed by atoms with Crippen molar-refractivity contribution in [2.24, 2.45) is 0 Å². The van der Waals surface area contributed by atoms with Crippen molar-refractivity contribution < 1.29 is 14.6 Å². The van der Waals surface area contributed by atoms with E-state index in [9.17, 15) is 4.57 Å². The van der Waals surface area contributed by atoms with Gasteiger partial charge in [-0.15, -0.1) is 0 Å². The highest BCUT2D eigenvalue weighted by Crippen LogP contribution is 2.37. The second-order valence-electron chi connectivity index (χ2n) is 1.30. The highest BCUT2D eigenvalue weighted by Gasteiger charge is 2.10. The average Bonchev–Trinajstić information content (AvgIpc) is 1.68. The molecule has 0 fully saturated rings. The summed E-state index contributed by atoms with van der Waals surface area (Å²) < 4.78 is 10.3. The Bertz CT molecular complexity index is 82.2. The molecule has 0 aliphatic carbocycles. The van der Waals surface area contributed by atoms with Gasteiger partial charge in [0, 0.05) is 6.16 Å². The molecule has 4 heteroatoms. The van der Waals surface area contributed by atoms with Crippen LogP contribution in [0, 0.1) is 0 Å². The molecule has 7 heavy (non-hydrogen) atoms. The van der Waals surface area contributed by atoms with Crippen molar-refractivity contribution in [3.8, 4) is 0 Å². The van der Waals surface area contributed by atoms with Gasteiger partial charge in [0.05, 0.1) is 0 Å². The van der Waals surface area contributed by atoms with E-state index in [4.69, 9.17) is 10.00 Å². The first-order valence-corrected chi connectivity index (χ1v) is 4.07. The second kappa shape index (κ2) is 2.46. The lowest BCUT2D eigenvalue weighted by Crippen LogP contribution is -1.87. The van der Waals surface area contributed by atoms with Gasteiger partial charge in [-0.25, -0.2) is 0 Å². The Hall–Kier alpha value is 0.150. The van der Waals surface area contributed by atoms with Crippen LogP contribution in [0.1, 0.15) is 6.92 Å². The summed E-state index contributed by atoms with van der Waals surface area (Å²) in [6.45, 7) is 1.57. The summed E-state index contributed by atoms with van der Waals surface area (Å²) in [5.74, 6) is 0. The van der Waals surface area contributed by atoms with E-state index in [-0.39, 0.29) is 6.16 Å². The van der Waals surface area contributed by atoms with Crippen molar-refractivity contribution in [1.29, 1.82) is 0 Å². The van der Waals surface area contributed by atoms with E-state index < -0.39 is 13.7 Å². The van der Waals surface area contributed by atoms with Crippen molar-refractivity contribution in [3.63, 3.8) is 0 Å². The molecule has 0 heterocycles. The quantitative estimate of drug-likeness (QED) is 0.518. The molecule has 0 aromatic carbocycles. The Morgan fingerprint density at radius 3 is 2.14 bits per heavy atom. The van der Waals surface area contributed by atoms with Gasteiger partial charge in [-0.05, 0) is 0 Å². The molecule has 0 spiro atoms. The van der Waals surface area contributed by atoms with Gasteiger partial charge in [0.25, 0.3) is 0 Å². The SMILES string of the molecule is CCP(=O)(O)CO. The zero-order chi connectivity index (χ0) is 5.91. The van der Waals surface area contributed by atoms with E-state index in [0.29, 0.717) is 0 Å². The standard InChI is InChI=1S/C3H9O3P/c1-2-7(5,6)3-4/h4H,2-3H2,1H3,(H,5,6). The number of hydrogen-bond donors (Lipinski definition) is 2. The molecule has 0 aromatic heterocycles. The van der Waals surface area contributed by atoms with Gasteiger partial charge >= 0.3 is 0 Å². The lowest BCUT2D eigenvalue weighted by Gasteiger charge is -2.00. The fourth-order valence-electron chi connectivity index (χ4n) is 0.1000. The molecule has 0 aliphatic heterocycles. The van der Waals surface area contributed by atoms with E-state index in [0.717, 1.165) is 0 Å². The molecule has 1 unspecified atom stereocenters. The predicted octanol–water partition coefficient (Wildman–Crippen LogP) is 0.226. The molecule has 1 atom stereocenters. The third kappa shape index (κ3) is 2.80. The van der Waals surface area contributed by atoms with Gasteiger partial charge in [0.15, 0.2) is 0 Å². The number of rotatable bonds is 2. The Kier molecular flexibility index (Phi) is 2.51. The smallest absolute Gasteiger partial charge is 0.224 e. The van der Waals surface area contributed by atoms with Gasteiger partial charge in [-0.1, -0.05) is 6.92 Å². The first kappa shape index (κ1) is 7.15. The normalized spacial score (nSPS) is 18.7. The maximum atomic E-state index is 10.3. The molecule has 0 bridgehead atoms. The Morgan fingerprint density at radius 2 is 2.14 bits per heavy atom. The molecule has 0 aromatic rings. The molecule has 0 radical (unpaired) electrons. The zero-order valence-electron chi connectivity index (χ0n) is 4.16. The summed E-state index contributed by atoms with van der Waals surface area (Å²) in [5.41, 5.74) is 0. The van der Waals surface area contributed by atoms with Crippen LogP contribution in [0.4, 0.5) is 0 Å². The molecule has 0 saturated carbocycles. The summed E-state index contributed by atoms with van der Waals surface area (Å²) in [6, 6.07) is 0. The maximum absolute atomic E-state index is 10.3. The maximum Gasteiger partial charge on any atom is 0.224 e. The van der Waals surface area contributed by atoms with Crippen molar-refractivity contribution >= 4 is 7.37 Å². The fourth-order valence-corrected chi connectivity index (χ4v) is 0.300. The number of hydrogen-bond acceptors (Lipinski definition) is 2. The van der Waals surface area contributed by atoms with Gasteiger partial charge in [0.1, 0.15) is 6.35 Å². The minimum atomic E-state index is -3.10. The minimum Gasteiger partial charge on any atom is -0.386 e. The summed E-state index contributed by atoms with van der Waals surface area (Å²) >= 11 is 0. The van der Waals surface area contributed by atoms with E-state index >= 15 is 0 Å². The number of aliphatic hydroxyl groups excluding tert-OH is 1. The van der Waals surface area contributed by atoms with Crippen molar-refractivity contribution in [2.45, 2.75) is 6.92 Å². The lowest BCUT2D eigenvalue weighted by atomic mass is 11.0. The average molecular weight is 124 g/mol. The van der Waals surface area contributed by atoms with Crippen LogP contribution in [0.2, 0.25) is 0 Å². The van der Waals surface area contributed by atoms with Crippen LogP contribution in [-0.2, 0) is 4.57 Å². The first-order chi connectivity index (χ1) is 3.12. The topological polar surface area (TPSA) is 57.5 Å². The minimum absolute atomic E-state index is 0.156. The summed E-state index contributed by atoms with van der Waals surface area (Å²) in [7, 11) is -3.10. The second-order valence-corrected chi connectivity index (χ2v) is 3.91. The molecule has 3 nitrogen and oxygen atoms in total. The van der Waals surface area contributed by atoms with E-state index in [1.807, 2.05) is 0 Å². The zero-order valence-corrected chi connectivity index (χ0v) is 5.06. The monoisotopic (exact) mass is 124 g/mol.